The third kappa shape index (κ3) is 2.90. The van der Waals surface area contributed by atoms with E-state index in [4.69, 9.17) is 4.74 Å². The summed E-state index contributed by atoms with van der Waals surface area (Å²) < 4.78 is 4.93. The maximum absolute atomic E-state index is 11.5. The summed E-state index contributed by atoms with van der Waals surface area (Å²) in [4.78, 5) is 33.6. The summed E-state index contributed by atoms with van der Waals surface area (Å²) in [5, 5.41) is 2.08. The minimum Gasteiger partial charge on any atom is -0.451 e. The smallest absolute Gasteiger partial charge is 0.311 e. The van der Waals surface area contributed by atoms with Gasteiger partial charge in [0.1, 0.15) is 0 Å². The van der Waals surface area contributed by atoms with Gasteiger partial charge in [0.25, 0.3) is 5.91 Å². The van der Waals surface area contributed by atoms with Gasteiger partial charge in [0, 0.05) is 0 Å². The fraction of sp³-hybridized carbons (Fsp3) is 0.250. The Kier molecular flexibility index (Phi) is 3.18. The summed E-state index contributed by atoms with van der Waals surface area (Å²) in [6.45, 7) is 0. The number of rotatable bonds is 3. The molecule has 2 amide bonds. The Morgan fingerprint density at radius 3 is 2.59 bits per heavy atom. The number of nitrogens with one attached hydrogen (secondary N) is 1. The van der Waals surface area contributed by atoms with Crippen molar-refractivity contribution in [2.45, 2.75) is 18.9 Å². The van der Waals surface area contributed by atoms with Crippen LogP contribution < -0.4 is 5.32 Å². The van der Waals surface area contributed by atoms with Crippen LogP contribution in [-0.4, -0.2) is 23.9 Å². The topological polar surface area (TPSA) is 72.5 Å². The molecule has 88 valence electrons. The summed E-state index contributed by atoms with van der Waals surface area (Å²) in [5.74, 6) is -1.46. The Morgan fingerprint density at radius 2 is 2.00 bits per heavy atom. The second-order valence-electron chi connectivity index (χ2n) is 3.76. The zero-order valence-electron chi connectivity index (χ0n) is 9.01. The minimum absolute atomic E-state index is 0.0840. The Balaban J connectivity index is 1.90. The van der Waals surface area contributed by atoms with E-state index >= 15 is 0 Å². The fourth-order valence-electron chi connectivity index (χ4n) is 1.59. The summed E-state index contributed by atoms with van der Waals surface area (Å²) in [7, 11) is 0. The van der Waals surface area contributed by atoms with E-state index in [1.54, 1.807) is 12.1 Å². The number of carbonyl (C=O) groups excluding carboxylic acids is 3. The molecule has 0 aliphatic carbocycles. The van der Waals surface area contributed by atoms with E-state index in [-0.39, 0.29) is 12.8 Å². The van der Waals surface area contributed by atoms with Crippen molar-refractivity contribution in [3.8, 4) is 0 Å². The van der Waals surface area contributed by atoms with Crippen molar-refractivity contribution in [1.29, 1.82) is 0 Å². The predicted octanol–water partition coefficient (Wildman–Crippen LogP) is 0.187. The van der Waals surface area contributed by atoms with Gasteiger partial charge in [-0.15, -0.1) is 0 Å². The van der Waals surface area contributed by atoms with Crippen LogP contribution in [0.5, 0.6) is 0 Å². The Bertz CT molecular complexity index is 455. The molecule has 0 bridgehead atoms. The van der Waals surface area contributed by atoms with Crippen LogP contribution in [0.2, 0.25) is 0 Å². The van der Waals surface area contributed by atoms with Gasteiger partial charge in [-0.05, 0) is 5.56 Å². The highest BCUT2D eigenvalue weighted by molar-refractivity contribution is 6.05. The van der Waals surface area contributed by atoms with Gasteiger partial charge in [-0.1, -0.05) is 30.3 Å². The molecule has 1 aromatic rings. The molecule has 1 N–H and O–H groups in total. The quantitative estimate of drug-likeness (QED) is 0.597. The van der Waals surface area contributed by atoms with E-state index < -0.39 is 23.9 Å². The lowest BCUT2D eigenvalue weighted by molar-refractivity contribution is -0.153. The van der Waals surface area contributed by atoms with Gasteiger partial charge < -0.3 is 4.74 Å². The molecule has 1 saturated heterocycles. The number of benzene rings is 1. The molecule has 1 fully saturated rings. The van der Waals surface area contributed by atoms with Crippen LogP contribution in [0.3, 0.4) is 0 Å². The maximum Gasteiger partial charge on any atom is 0.311 e. The minimum atomic E-state index is -0.973. The first-order valence-electron chi connectivity index (χ1n) is 5.22. The largest absolute Gasteiger partial charge is 0.451 e. The lowest BCUT2D eigenvalue weighted by atomic mass is 10.1. The van der Waals surface area contributed by atoms with Crippen molar-refractivity contribution < 1.29 is 19.1 Å². The van der Waals surface area contributed by atoms with Gasteiger partial charge >= 0.3 is 5.97 Å². The molecule has 1 aliphatic heterocycles. The van der Waals surface area contributed by atoms with Crippen LogP contribution in [0.1, 0.15) is 12.0 Å². The lowest BCUT2D eigenvalue weighted by Crippen LogP contribution is -2.28. The van der Waals surface area contributed by atoms with E-state index in [1.165, 1.54) is 0 Å². The van der Waals surface area contributed by atoms with Gasteiger partial charge in [0.05, 0.1) is 12.8 Å². The summed E-state index contributed by atoms with van der Waals surface area (Å²) in [6, 6.07) is 9.06. The summed E-state index contributed by atoms with van der Waals surface area (Å²) in [5.41, 5.74) is 0.808. The number of ether oxygens (including phenoxy) is 1. The highest BCUT2D eigenvalue weighted by atomic mass is 16.5. The van der Waals surface area contributed by atoms with Crippen molar-refractivity contribution in [2.24, 2.45) is 0 Å². The number of esters is 1. The van der Waals surface area contributed by atoms with Crippen LogP contribution in [0.4, 0.5) is 0 Å². The first-order valence-corrected chi connectivity index (χ1v) is 5.22. The average molecular weight is 233 g/mol. The SMILES string of the molecule is O=C1CC(OC(=O)Cc2ccccc2)C(=O)N1. The lowest BCUT2D eigenvalue weighted by Gasteiger charge is -2.08. The second kappa shape index (κ2) is 4.78. The summed E-state index contributed by atoms with van der Waals surface area (Å²) >= 11 is 0. The first-order chi connectivity index (χ1) is 8.15. The fourth-order valence-corrected chi connectivity index (χ4v) is 1.59. The van der Waals surface area contributed by atoms with Crippen molar-refractivity contribution in [2.75, 3.05) is 0 Å². The standard InChI is InChI=1S/C12H11NO4/c14-10-7-9(12(16)13-10)17-11(15)6-8-4-2-1-3-5-8/h1-5,9H,6-7H2,(H,13,14,16). The first kappa shape index (κ1) is 11.3. The van der Waals surface area contributed by atoms with E-state index in [0.717, 1.165) is 5.56 Å². The highest BCUT2D eigenvalue weighted by Gasteiger charge is 2.33. The van der Waals surface area contributed by atoms with Gasteiger partial charge in [-0.25, -0.2) is 0 Å². The van der Waals surface area contributed by atoms with Crippen LogP contribution in [-0.2, 0) is 25.5 Å². The molecule has 1 unspecified atom stereocenters. The molecule has 1 aromatic carbocycles. The van der Waals surface area contributed by atoms with Gasteiger partial charge in [0.15, 0.2) is 6.10 Å². The van der Waals surface area contributed by atoms with Crippen LogP contribution in [0, 0.1) is 0 Å². The third-order valence-electron chi connectivity index (χ3n) is 2.39. The van der Waals surface area contributed by atoms with Crippen LogP contribution in [0.25, 0.3) is 0 Å². The van der Waals surface area contributed by atoms with Crippen molar-refractivity contribution in [1.82, 2.24) is 5.32 Å². The Morgan fingerprint density at radius 1 is 1.29 bits per heavy atom. The molecule has 1 aliphatic rings. The van der Waals surface area contributed by atoms with E-state index in [0.29, 0.717) is 0 Å². The molecule has 17 heavy (non-hydrogen) atoms. The van der Waals surface area contributed by atoms with Gasteiger partial charge in [0.2, 0.25) is 5.91 Å². The van der Waals surface area contributed by atoms with Crippen LogP contribution in [0.15, 0.2) is 30.3 Å². The molecule has 0 saturated carbocycles. The zero-order valence-corrected chi connectivity index (χ0v) is 9.01. The predicted molar refractivity (Wildman–Crippen MR) is 57.8 cm³/mol. The molecule has 2 rings (SSSR count). The normalized spacial score (nSPS) is 18.9. The number of hydrogen-bond acceptors (Lipinski definition) is 4. The average Bonchev–Trinajstić information content (AvgIpc) is 2.58. The van der Waals surface area contributed by atoms with E-state index in [9.17, 15) is 14.4 Å². The maximum atomic E-state index is 11.5. The molecule has 0 aromatic heterocycles. The highest BCUT2D eigenvalue weighted by Crippen LogP contribution is 2.09. The molecular formula is C12H11NO4. The summed E-state index contributed by atoms with van der Waals surface area (Å²) in [6.07, 6.45) is -0.961. The molecule has 5 heteroatoms. The molecule has 0 radical (unpaired) electrons. The van der Waals surface area contributed by atoms with E-state index in [2.05, 4.69) is 5.32 Å². The molecular weight excluding hydrogens is 222 g/mol. The van der Waals surface area contributed by atoms with Gasteiger partial charge in [-0.3, -0.25) is 19.7 Å². The monoisotopic (exact) mass is 233 g/mol. The molecule has 5 nitrogen and oxygen atoms in total. The zero-order chi connectivity index (χ0) is 12.3. The van der Waals surface area contributed by atoms with Gasteiger partial charge in [-0.2, -0.15) is 0 Å². The molecule has 1 atom stereocenters. The number of hydrogen-bond donors (Lipinski definition) is 1. The Labute approximate surface area is 97.8 Å². The van der Waals surface area contributed by atoms with E-state index in [1.807, 2.05) is 18.2 Å². The number of imide groups is 1. The van der Waals surface area contributed by atoms with Crippen LogP contribution >= 0.6 is 0 Å². The molecule has 1 heterocycles. The second-order valence-corrected chi connectivity index (χ2v) is 3.76. The number of carbonyl (C=O) groups is 3. The van der Waals surface area contributed by atoms with Crippen molar-refractivity contribution in [3.63, 3.8) is 0 Å². The third-order valence-corrected chi connectivity index (χ3v) is 2.39. The Hall–Kier alpha value is -2.17. The van der Waals surface area contributed by atoms with Crippen molar-refractivity contribution in [3.05, 3.63) is 35.9 Å². The van der Waals surface area contributed by atoms with Crippen molar-refractivity contribution >= 4 is 17.8 Å². The number of amides is 2. The molecule has 0 spiro atoms.